The molecule has 2 N–H and O–H groups in total. The van der Waals surface area contributed by atoms with Crippen LogP contribution in [0.4, 0.5) is 17.6 Å². The first kappa shape index (κ1) is 65.4. The number of nitrogens with one attached hydrogen (secondary N) is 1. The third kappa shape index (κ3) is 24.3. The fourth-order valence-corrected chi connectivity index (χ4v) is 9.11. The number of nitrogens with zero attached hydrogens (tertiary/aromatic N) is 2. The second-order valence-corrected chi connectivity index (χ2v) is 21.9. The highest BCUT2D eigenvalue weighted by Crippen LogP contribution is 2.26. The first-order valence-corrected chi connectivity index (χ1v) is 27.9. The van der Waals surface area contributed by atoms with Gasteiger partial charge in [-0.3, -0.25) is 9.59 Å². The van der Waals surface area contributed by atoms with Crippen LogP contribution in [0.2, 0.25) is 0 Å². The second-order valence-electron chi connectivity index (χ2n) is 20.7. The zero-order valence-corrected chi connectivity index (χ0v) is 49.3. The Kier molecular flexibility index (Phi) is 25.9. The monoisotopic (exact) mass is 1200 g/mol. The highest BCUT2D eigenvalue weighted by atomic mass is 79.9. The van der Waals surface area contributed by atoms with Gasteiger partial charge >= 0.3 is 0 Å². The molecule has 0 aliphatic heterocycles. The molecule has 0 unspecified atom stereocenters. The molecule has 12 heteroatoms. The summed E-state index contributed by atoms with van der Waals surface area (Å²) < 4.78 is 52.5. The van der Waals surface area contributed by atoms with Gasteiger partial charge in [0, 0.05) is 22.9 Å². The summed E-state index contributed by atoms with van der Waals surface area (Å²) in [6.07, 6.45) is 2.61. The van der Waals surface area contributed by atoms with E-state index in [0.717, 1.165) is 76.8 Å². The normalized spacial score (nSPS) is 10.5. The largest absolute Gasteiger partial charge is 0.390 e. The zero-order chi connectivity index (χ0) is 60.4. The van der Waals surface area contributed by atoms with Gasteiger partial charge in [0.2, 0.25) is 5.91 Å². The summed E-state index contributed by atoms with van der Waals surface area (Å²) in [6, 6.07) is 69.0. The van der Waals surface area contributed by atoms with Crippen molar-refractivity contribution in [2.24, 2.45) is 0 Å². The first-order valence-electron chi connectivity index (χ1n) is 26.6. The summed E-state index contributed by atoms with van der Waals surface area (Å²) in [7, 11) is 0. The lowest BCUT2D eigenvalue weighted by Gasteiger charge is -2.26. The van der Waals surface area contributed by atoms with E-state index in [9.17, 15) is 32.3 Å². The van der Waals surface area contributed by atoms with Crippen LogP contribution < -0.4 is 5.32 Å². The van der Waals surface area contributed by atoms with E-state index in [2.05, 4.69) is 39.5 Å². The van der Waals surface area contributed by atoms with E-state index in [-0.39, 0.29) is 46.4 Å². The molecule has 83 heavy (non-hydrogen) atoms. The predicted molar refractivity (Wildman–Crippen MR) is 331 cm³/mol. The van der Waals surface area contributed by atoms with Gasteiger partial charge in [0.25, 0.3) is 0 Å². The molecule has 1 amide bonds. The van der Waals surface area contributed by atoms with E-state index >= 15 is 0 Å². The number of nitriles is 2. The number of amides is 1. The third-order valence-electron chi connectivity index (χ3n) is 12.2. The lowest BCUT2D eigenvalue weighted by molar-refractivity contribution is -0.120. The average molecular weight is 1200 g/mol. The maximum atomic E-state index is 13.0. The van der Waals surface area contributed by atoms with Crippen LogP contribution in [0.1, 0.15) is 62.4 Å². The fourth-order valence-electron chi connectivity index (χ4n) is 8.59. The Morgan fingerprint density at radius 2 is 0.783 bits per heavy atom. The van der Waals surface area contributed by atoms with Crippen molar-refractivity contribution in [2.75, 3.05) is 5.88 Å². The van der Waals surface area contributed by atoms with Crippen molar-refractivity contribution < 1.29 is 32.3 Å². The van der Waals surface area contributed by atoms with Crippen LogP contribution in [0, 0.1) is 45.9 Å². The van der Waals surface area contributed by atoms with E-state index < -0.39 is 5.60 Å². The second kappa shape index (κ2) is 32.9. The molecule has 0 fully saturated rings. The summed E-state index contributed by atoms with van der Waals surface area (Å²) in [5.41, 5.74) is 12.0. The van der Waals surface area contributed by atoms with Gasteiger partial charge in [-0.15, -0.1) is 11.6 Å². The van der Waals surface area contributed by atoms with Crippen molar-refractivity contribution in [3.05, 3.63) is 274 Å². The molecule has 9 aromatic carbocycles. The molecule has 0 aliphatic carbocycles. The van der Waals surface area contributed by atoms with Crippen LogP contribution in [0.3, 0.4) is 0 Å². The van der Waals surface area contributed by atoms with Crippen LogP contribution in [0.15, 0.2) is 223 Å². The van der Waals surface area contributed by atoms with Crippen molar-refractivity contribution in [2.45, 2.75) is 77.9 Å². The van der Waals surface area contributed by atoms with Gasteiger partial charge in [-0.2, -0.15) is 10.5 Å². The molecule has 0 saturated heterocycles. The number of Topliss-reactive ketones (excluding diaryl/α,β-unsaturated/α-hetero) is 1. The third-order valence-corrected chi connectivity index (χ3v) is 12.9. The number of halogens is 6. The number of alkyl halides is 1. The fraction of sp³-hybridized carbons (Fsp3) is 0.183. The van der Waals surface area contributed by atoms with Crippen LogP contribution in [0.25, 0.3) is 44.5 Å². The predicted octanol–water partition coefficient (Wildman–Crippen LogP) is 17.7. The number of rotatable bonds is 14. The number of benzene rings is 9. The quantitative estimate of drug-likeness (QED) is 0.0832. The summed E-state index contributed by atoms with van der Waals surface area (Å²) >= 11 is 8.86. The van der Waals surface area contributed by atoms with E-state index in [1.165, 1.54) is 48.5 Å². The molecule has 9 aromatic rings. The zero-order valence-electron chi connectivity index (χ0n) is 47.0. The molecule has 0 aromatic heterocycles. The van der Waals surface area contributed by atoms with Crippen molar-refractivity contribution in [3.63, 3.8) is 0 Å². The highest BCUT2D eigenvalue weighted by Gasteiger charge is 2.21. The molecule has 0 heterocycles. The average Bonchev–Trinajstić information content (AvgIpc) is 3.57. The van der Waals surface area contributed by atoms with Crippen LogP contribution in [-0.4, -0.2) is 33.8 Å². The Balaban J connectivity index is 0.000000193. The molecule has 0 aliphatic rings. The minimum absolute atomic E-state index is 0.0426. The van der Waals surface area contributed by atoms with Crippen LogP contribution in [-0.2, 0) is 41.7 Å². The lowest BCUT2D eigenvalue weighted by atomic mass is 9.92. The van der Waals surface area contributed by atoms with E-state index in [1.807, 2.05) is 129 Å². The van der Waals surface area contributed by atoms with Crippen molar-refractivity contribution in [3.8, 4) is 56.6 Å². The molecule has 0 atom stereocenters. The summed E-state index contributed by atoms with van der Waals surface area (Å²) in [6.45, 7) is 9.07. The van der Waals surface area contributed by atoms with Gasteiger partial charge in [-0.1, -0.05) is 174 Å². The van der Waals surface area contributed by atoms with Gasteiger partial charge in [0.1, 0.15) is 34.9 Å². The van der Waals surface area contributed by atoms with E-state index in [0.29, 0.717) is 32.1 Å². The Labute approximate surface area is 498 Å². The van der Waals surface area contributed by atoms with Gasteiger partial charge in [0.05, 0.1) is 30.6 Å². The molecule has 0 radical (unpaired) electrons. The molecule has 0 spiro atoms. The number of ketones is 1. The van der Waals surface area contributed by atoms with Crippen molar-refractivity contribution in [1.29, 1.82) is 10.5 Å². The Hall–Kier alpha value is -8.45. The smallest absolute Gasteiger partial charge is 0.235 e. The molecular formula is C71H65BrClF4N3O3. The van der Waals surface area contributed by atoms with E-state index in [4.69, 9.17) is 22.1 Å². The topological polar surface area (TPSA) is 114 Å². The SMILES string of the molecule is CC(=O)Cc1cccc(-c2ccc(F)cc2)c1.CC(C)(Cc1cccc(-c2ccc(F)cc2)c1)NC(=O)CCl.CC(C)(O)Cc1cccc(-c2ccc(F)cc2)c1.N#CCc1cccc(-c2ccc(F)cc2)c1.N#CCc1cccc(Br)c1. The Morgan fingerprint density at radius 1 is 0.470 bits per heavy atom. The number of hydrogen-bond donors (Lipinski definition) is 2. The minimum atomic E-state index is -0.721. The summed E-state index contributed by atoms with van der Waals surface area (Å²) in [5.74, 6) is -1.04. The first-order chi connectivity index (χ1) is 39.6. The maximum absolute atomic E-state index is 13.0. The summed E-state index contributed by atoms with van der Waals surface area (Å²) in [5, 5.41) is 29.7. The highest BCUT2D eigenvalue weighted by molar-refractivity contribution is 9.10. The molecular weight excluding hydrogens is 1130 g/mol. The standard InChI is InChI=1S/C18H19ClFNO.C16H17FO.C15H13FO.C14H10FN.C8H6BrN/c1-18(2,21-17(22)12-19)11-13-4-3-5-15(10-13)14-6-8-16(20)9-7-14;1-16(2,18)11-12-4-3-5-14(10-12)13-6-8-15(17)9-7-13;1-11(17)9-12-3-2-4-14(10-12)13-5-7-15(16)8-6-13;15-14-6-4-12(5-7-14)13-3-1-2-11(10-13)8-9-16;9-8-3-1-2-7(6-8)4-5-10/h3-10H,11-12H2,1-2H3,(H,21,22);3-10,18H,11H2,1-2H3;2-8,10H,9H2,1H3;1-7,10H,8H2;1-3,6H,4H2. The van der Waals surface area contributed by atoms with Crippen molar-refractivity contribution >= 4 is 39.2 Å². The van der Waals surface area contributed by atoms with E-state index in [1.54, 1.807) is 69.3 Å². The minimum Gasteiger partial charge on any atom is -0.390 e. The maximum Gasteiger partial charge on any atom is 0.235 e. The number of carbonyl (C=O) groups excluding carboxylic acids is 2. The van der Waals surface area contributed by atoms with Crippen molar-refractivity contribution in [1.82, 2.24) is 5.32 Å². The van der Waals surface area contributed by atoms with Crippen LogP contribution in [0.5, 0.6) is 0 Å². The number of aliphatic hydroxyl groups is 1. The molecule has 9 rings (SSSR count). The van der Waals surface area contributed by atoms with Gasteiger partial charge in [0.15, 0.2) is 0 Å². The van der Waals surface area contributed by atoms with Crippen LogP contribution >= 0.6 is 27.5 Å². The molecule has 0 bridgehead atoms. The Morgan fingerprint density at radius 3 is 1.12 bits per heavy atom. The molecule has 424 valence electrons. The number of carbonyl (C=O) groups is 2. The summed E-state index contributed by atoms with van der Waals surface area (Å²) in [4.78, 5) is 22.5. The number of hydrogen-bond acceptors (Lipinski definition) is 5. The van der Waals surface area contributed by atoms with Gasteiger partial charge < -0.3 is 10.4 Å². The molecule has 6 nitrogen and oxygen atoms in total. The van der Waals surface area contributed by atoms with Gasteiger partial charge in [-0.05, 0) is 174 Å². The lowest BCUT2D eigenvalue weighted by Crippen LogP contribution is -2.45. The van der Waals surface area contributed by atoms with Gasteiger partial charge in [-0.25, -0.2) is 17.6 Å². The Bertz CT molecular complexity index is 3590. The molecule has 0 saturated carbocycles.